The highest BCUT2D eigenvalue weighted by atomic mass is 15.4. The van der Waals surface area contributed by atoms with Gasteiger partial charge in [0.2, 0.25) is 0 Å². The van der Waals surface area contributed by atoms with E-state index >= 15 is 0 Å². The van der Waals surface area contributed by atoms with E-state index in [4.69, 9.17) is 5.73 Å². The summed E-state index contributed by atoms with van der Waals surface area (Å²) in [7, 11) is 0. The molecule has 0 aromatic carbocycles. The number of unbranched alkanes of at least 4 members (excludes halogenated alkanes) is 4. The first kappa shape index (κ1) is 14.5. The molecule has 5 heteroatoms. The van der Waals surface area contributed by atoms with E-state index in [1.807, 2.05) is 6.92 Å². The molecule has 20 heavy (non-hydrogen) atoms. The lowest BCUT2D eigenvalue weighted by molar-refractivity contribution is 0.632. The molecule has 2 aromatic heterocycles. The van der Waals surface area contributed by atoms with Gasteiger partial charge in [-0.1, -0.05) is 32.6 Å². The quantitative estimate of drug-likeness (QED) is 0.787. The number of hydrogen-bond acceptors (Lipinski definition) is 4. The summed E-state index contributed by atoms with van der Waals surface area (Å²) in [5.74, 6) is 1.20. The third kappa shape index (κ3) is 3.35. The highest BCUT2D eigenvalue weighted by Gasteiger charge is 2.14. The van der Waals surface area contributed by atoms with Crippen LogP contribution in [0.2, 0.25) is 0 Å². The summed E-state index contributed by atoms with van der Waals surface area (Å²) < 4.78 is 1.64. The number of nitrogens with zero attached hydrogens (tertiary/aromatic N) is 4. The highest BCUT2D eigenvalue weighted by Crippen LogP contribution is 2.21. The Bertz CT molecular complexity index is 533. The molecule has 5 nitrogen and oxygen atoms in total. The van der Waals surface area contributed by atoms with E-state index in [0.717, 1.165) is 24.1 Å². The Hall–Kier alpha value is -1.91. The van der Waals surface area contributed by atoms with Crippen LogP contribution in [-0.4, -0.2) is 19.7 Å². The topological polar surface area (TPSA) is 69.6 Å². The molecule has 0 aliphatic rings. The van der Waals surface area contributed by atoms with Crippen molar-refractivity contribution < 1.29 is 0 Å². The molecule has 108 valence electrons. The summed E-state index contributed by atoms with van der Waals surface area (Å²) >= 11 is 0. The Morgan fingerprint density at radius 2 is 1.80 bits per heavy atom. The molecular formula is C15H23N5. The maximum absolute atomic E-state index is 6.20. The molecule has 0 amide bonds. The minimum atomic E-state index is 0.533. The summed E-state index contributed by atoms with van der Waals surface area (Å²) in [6.45, 7) is 4.23. The van der Waals surface area contributed by atoms with Gasteiger partial charge < -0.3 is 5.73 Å². The van der Waals surface area contributed by atoms with Crippen LogP contribution in [0, 0.1) is 6.92 Å². The second-order valence-corrected chi connectivity index (χ2v) is 5.07. The number of aromatic nitrogens is 4. The Morgan fingerprint density at radius 1 is 1.10 bits per heavy atom. The molecular weight excluding hydrogens is 250 g/mol. The van der Waals surface area contributed by atoms with Gasteiger partial charge in [0.15, 0.2) is 0 Å². The van der Waals surface area contributed by atoms with Crippen molar-refractivity contribution in [2.24, 2.45) is 0 Å². The van der Waals surface area contributed by atoms with Crippen LogP contribution in [0.3, 0.4) is 0 Å². The predicted molar refractivity (Wildman–Crippen MR) is 80.8 cm³/mol. The summed E-state index contributed by atoms with van der Waals surface area (Å²) in [6, 6.07) is 1.78. The Morgan fingerprint density at radius 3 is 2.50 bits per heavy atom. The van der Waals surface area contributed by atoms with Crippen molar-refractivity contribution >= 4 is 5.82 Å². The number of nitrogens with two attached hydrogens (primary N) is 1. The lowest BCUT2D eigenvalue weighted by atomic mass is 10.1. The van der Waals surface area contributed by atoms with Crippen molar-refractivity contribution in [1.29, 1.82) is 0 Å². The van der Waals surface area contributed by atoms with Gasteiger partial charge in [-0.2, -0.15) is 9.78 Å². The number of hydrogen-bond donors (Lipinski definition) is 1. The molecule has 0 aliphatic carbocycles. The number of anilines is 1. The molecule has 0 radical (unpaired) electrons. The molecule has 0 atom stereocenters. The minimum Gasteiger partial charge on any atom is -0.383 e. The van der Waals surface area contributed by atoms with E-state index in [1.165, 1.54) is 25.7 Å². The van der Waals surface area contributed by atoms with Crippen LogP contribution >= 0.6 is 0 Å². The second kappa shape index (κ2) is 7.03. The van der Waals surface area contributed by atoms with Crippen LogP contribution in [-0.2, 0) is 6.42 Å². The van der Waals surface area contributed by atoms with Crippen molar-refractivity contribution in [3.05, 3.63) is 29.7 Å². The van der Waals surface area contributed by atoms with Gasteiger partial charge in [0, 0.05) is 18.0 Å². The van der Waals surface area contributed by atoms with Crippen LogP contribution in [0.1, 0.15) is 50.3 Å². The Kier molecular flexibility index (Phi) is 5.09. The molecule has 2 heterocycles. The van der Waals surface area contributed by atoms with E-state index in [1.54, 1.807) is 23.1 Å². The fourth-order valence-corrected chi connectivity index (χ4v) is 2.34. The smallest absolute Gasteiger partial charge is 0.252 e. The van der Waals surface area contributed by atoms with E-state index < -0.39 is 0 Å². The van der Waals surface area contributed by atoms with E-state index in [2.05, 4.69) is 22.0 Å². The predicted octanol–water partition coefficient (Wildman–Crippen LogP) is 3.07. The second-order valence-electron chi connectivity index (χ2n) is 5.07. The molecule has 0 bridgehead atoms. The normalized spacial score (nSPS) is 10.9. The SMILES string of the molecule is CCCCCCCc1c(C)nn(-c2ncccn2)c1N. The average molecular weight is 273 g/mol. The van der Waals surface area contributed by atoms with Crippen molar-refractivity contribution in [3.63, 3.8) is 0 Å². The van der Waals surface area contributed by atoms with Crippen LogP contribution in [0.25, 0.3) is 5.95 Å². The van der Waals surface area contributed by atoms with E-state index in [9.17, 15) is 0 Å². The van der Waals surface area contributed by atoms with E-state index in [0.29, 0.717) is 11.8 Å². The fourth-order valence-electron chi connectivity index (χ4n) is 2.34. The lowest BCUT2D eigenvalue weighted by Gasteiger charge is -2.03. The van der Waals surface area contributed by atoms with Crippen molar-refractivity contribution in [2.45, 2.75) is 52.4 Å². The molecule has 0 saturated carbocycles. The maximum Gasteiger partial charge on any atom is 0.252 e. The molecule has 0 saturated heterocycles. The van der Waals surface area contributed by atoms with Gasteiger partial charge in [-0.25, -0.2) is 9.97 Å². The van der Waals surface area contributed by atoms with Crippen LogP contribution in [0.5, 0.6) is 0 Å². The zero-order valence-corrected chi connectivity index (χ0v) is 12.3. The maximum atomic E-state index is 6.20. The van der Waals surface area contributed by atoms with Gasteiger partial charge in [0.05, 0.1) is 5.69 Å². The molecule has 2 rings (SSSR count). The Balaban J connectivity index is 2.06. The molecule has 2 aromatic rings. The van der Waals surface area contributed by atoms with Gasteiger partial charge in [0.25, 0.3) is 5.95 Å². The summed E-state index contributed by atoms with van der Waals surface area (Å²) in [5, 5.41) is 4.46. The Labute approximate surface area is 120 Å². The average Bonchev–Trinajstić information content (AvgIpc) is 2.75. The van der Waals surface area contributed by atoms with Gasteiger partial charge in [-0.05, 0) is 25.8 Å². The van der Waals surface area contributed by atoms with Crippen LogP contribution < -0.4 is 5.73 Å². The molecule has 0 aliphatic heterocycles. The summed E-state index contributed by atoms with van der Waals surface area (Å²) in [5.41, 5.74) is 8.31. The lowest BCUT2D eigenvalue weighted by Crippen LogP contribution is -2.06. The fraction of sp³-hybridized carbons (Fsp3) is 0.533. The molecule has 0 unspecified atom stereocenters. The first-order valence-electron chi connectivity index (χ1n) is 7.35. The third-order valence-electron chi connectivity index (χ3n) is 3.50. The zero-order valence-electron chi connectivity index (χ0n) is 12.3. The van der Waals surface area contributed by atoms with Crippen molar-refractivity contribution in [1.82, 2.24) is 19.7 Å². The largest absolute Gasteiger partial charge is 0.383 e. The highest BCUT2D eigenvalue weighted by molar-refractivity contribution is 5.46. The number of rotatable bonds is 7. The third-order valence-corrected chi connectivity index (χ3v) is 3.50. The first-order chi connectivity index (χ1) is 9.74. The van der Waals surface area contributed by atoms with E-state index in [-0.39, 0.29) is 0 Å². The summed E-state index contributed by atoms with van der Waals surface area (Å²) in [6.07, 6.45) is 10.7. The monoisotopic (exact) mass is 273 g/mol. The molecule has 2 N–H and O–H groups in total. The van der Waals surface area contributed by atoms with Crippen molar-refractivity contribution in [2.75, 3.05) is 5.73 Å². The van der Waals surface area contributed by atoms with Crippen LogP contribution in [0.4, 0.5) is 5.82 Å². The standard InChI is InChI=1S/C15H23N5/c1-3-4-5-6-7-9-13-12(2)19-20(14(13)16)15-17-10-8-11-18-15/h8,10-11H,3-7,9,16H2,1-2H3. The number of nitrogen functional groups attached to an aromatic ring is 1. The van der Waals surface area contributed by atoms with Gasteiger partial charge in [-0.15, -0.1) is 0 Å². The van der Waals surface area contributed by atoms with Crippen LogP contribution in [0.15, 0.2) is 18.5 Å². The summed E-state index contributed by atoms with van der Waals surface area (Å²) in [4.78, 5) is 8.39. The van der Waals surface area contributed by atoms with Crippen molar-refractivity contribution in [3.8, 4) is 5.95 Å². The van der Waals surface area contributed by atoms with Gasteiger partial charge in [-0.3, -0.25) is 0 Å². The first-order valence-corrected chi connectivity index (χ1v) is 7.35. The molecule has 0 fully saturated rings. The minimum absolute atomic E-state index is 0.533. The van der Waals surface area contributed by atoms with Gasteiger partial charge in [0.1, 0.15) is 5.82 Å². The zero-order chi connectivity index (χ0) is 14.4. The number of aryl methyl sites for hydroxylation is 1. The molecule has 0 spiro atoms. The van der Waals surface area contributed by atoms with Gasteiger partial charge >= 0.3 is 0 Å².